The molecule has 1 fully saturated rings. The molecule has 4 nitrogen and oxygen atoms in total. The maximum absolute atomic E-state index is 12.4. The molecule has 1 aromatic rings. The first-order valence-corrected chi connectivity index (χ1v) is 7.50. The molecule has 1 aromatic carbocycles. The van der Waals surface area contributed by atoms with Crippen LogP contribution in [-0.2, 0) is 0 Å². The molecule has 1 amide bonds. The summed E-state index contributed by atoms with van der Waals surface area (Å²) in [7, 11) is 0. The first kappa shape index (κ1) is 14.9. The highest BCUT2D eigenvalue weighted by Crippen LogP contribution is 2.17. The number of nitrogens with one attached hydrogen (secondary N) is 1. The van der Waals surface area contributed by atoms with Crippen molar-refractivity contribution in [3.8, 4) is 0 Å². The summed E-state index contributed by atoms with van der Waals surface area (Å²) in [5, 5.41) is 3.13. The molecule has 1 aliphatic rings. The lowest BCUT2D eigenvalue weighted by Crippen LogP contribution is -2.45. The predicted molar refractivity (Wildman–Crippen MR) is 82.8 cm³/mol. The van der Waals surface area contributed by atoms with Gasteiger partial charge in [-0.25, -0.2) is 0 Å². The van der Waals surface area contributed by atoms with Gasteiger partial charge in [0.1, 0.15) is 0 Å². The maximum atomic E-state index is 12.4. The molecular formula is C16H25N3O. The minimum atomic E-state index is -0.0328. The van der Waals surface area contributed by atoms with Gasteiger partial charge in [-0.15, -0.1) is 0 Å². The minimum Gasteiger partial charge on any atom is -0.398 e. The van der Waals surface area contributed by atoms with E-state index < -0.39 is 0 Å². The molecule has 20 heavy (non-hydrogen) atoms. The molecule has 1 heterocycles. The third-order valence-corrected chi connectivity index (χ3v) is 3.99. The van der Waals surface area contributed by atoms with E-state index in [1.165, 1.54) is 6.42 Å². The number of rotatable bonds is 4. The number of hydrogen-bond acceptors (Lipinski definition) is 3. The highest BCUT2D eigenvalue weighted by Gasteiger charge is 2.22. The Morgan fingerprint density at radius 3 is 2.70 bits per heavy atom. The summed E-state index contributed by atoms with van der Waals surface area (Å²) in [6.07, 6.45) is 3.24. The Kier molecular flexibility index (Phi) is 5.01. The Bertz CT molecular complexity index is 445. The summed E-state index contributed by atoms with van der Waals surface area (Å²) in [6, 6.07) is 5.86. The molecule has 0 saturated carbocycles. The number of aryl methyl sites for hydroxylation is 1. The van der Waals surface area contributed by atoms with Gasteiger partial charge in [0, 0.05) is 24.8 Å². The van der Waals surface area contributed by atoms with E-state index in [4.69, 9.17) is 5.73 Å². The van der Waals surface area contributed by atoms with Crippen LogP contribution < -0.4 is 11.1 Å². The zero-order valence-electron chi connectivity index (χ0n) is 12.5. The summed E-state index contributed by atoms with van der Waals surface area (Å²) < 4.78 is 0. The number of nitrogens with zero attached hydrogens (tertiary/aromatic N) is 1. The molecule has 0 aromatic heterocycles. The van der Waals surface area contributed by atoms with E-state index in [0.29, 0.717) is 11.3 Å². The summed E-state index contributed by atoms with van der Waals surface area (Å²) in [5.74, 6) is -0.0328. The largest absolute Gasteiger partial charge is 0.398 e. The lowest BCUT2D eigenvalue weighted by molar-refractivity contribution is 0.0911. The number of amides is 1. The third-order valence-electron chi connectivity index (χ3n) is 3.99. The Hall–Kier alpha value is -1.55. The first-order chi connectivity index (χ1) is 9.61. The molecule has 0 aliphatic carbocycles. The molecule has 4 heteroatoms. The number of nitrogens with two attached hydrogens (primary N) is 1. The highest BCUT2D eigenvalue weighted by atomic mass is 16.1. The molecule has 0 spiro atoms. The van der Waals surface area contributed by atoms with Crippen molar-refractivity contribution in [2.45, 2.75) is 39.2 Å². The molecule has 0 bridgehead atoms. The second-order valence-electron chi connectivity index (χ2n) is 5.63. The smallest absolute Gasteiger partial charge is 0.253 e. The quantitative estimate of drug-likeness (QED) is 0.828. The lowest BCUT2D eigenvalue weighted by atomic mass is 10.0. The fourth-order valence-electron chi connectivity index (χ4n) is 2.88. The zero-order valence-corrected chi connectivity index (χ0v) is 12.5. The van der Waals surface area contributed by atoms with Gasteiger partial charge in [-0.2, -0.15) is 0 Å². The SMILES string of the molecule is CCCN1CCC(NC(=O)c2c(C)cccc2N)CC1. The second-order valence-corrected chi connectivity index (χ2v) is 5.63. The maximum Gasteiger partial charge on any atom is 0.253 e. The molecule has 3 N–H and O–H groups in total. The van der Waals surface area contributed by atoms with Crippen LogP contribution in [0.4, 0.5) is 5.69 Å². The number of hydrogen-bond donors (Lipinski definition) is 2. The van der Waals surface area contributed by atoms with Gasteiger partial charge in [0.15, 0.2) is 0 Å². The van der Waals surface area contributed by atoms with Gasteiger partial charge in [-0.1, -0.05) is 19.1 Å². The summed E-state index contributed by atoms with van der Waals surface area (Å²) in [4.78, 5) is 14.8. The van der Waals surface area contributed by atoms with Gasteiger partial charge in [0.05, 0.1) is 5.56 Å². The number of carbonyl (C=O) groups is 1. The first-order valence-electron chi connectivity index (χ1n) is 7.50. The zero-order chi connectivity index (χ0) is 14.5. The molecule has 0 unspecified atom stereocenters. The van der Waals surface area contributed by atoms with Crippen molar-refractivity contribution in [3.05, 3.63) is 29.3 Å². The van der Waals surface area contributed by atoms with Crippen LogP contribution in [0.25, 0.3) is 0 Å². The number of nitrogen functional groups attached to an aromatic ring is 1. The van der Waals surface area contributed by atoms with E-state index in [-0.39, 0.29) is 11.9 Å². The molecule has 2 rings (SSSR count). The number of carbonyl (C=O) groups excluding carboxylic acids is 1. The number of likely N-dealkylation sites (tertiary alicyclic amines) is 1. The summed E-state index contributed by atoms with van der Waals surface area (Å²) >= 11 is 0. The average Bonchev–Trinajstić information content (AvgIpc) is 2.41. The molecule has 0 atom stereocenters. The van der Waals surface area contributed by atoms with Gasteiger partial charge in [0.2, 0.25) is 0 Å². The predicted octanol–water partition coefficient (Wildman–Crippen LogP) is 2.18. The topological polar surface area (TPSA) is 58.4 Å². The van der Waals surface area contributed by atoms with Crippen molar-refractivity contribution in [2.24, 2.45) is 0 Å². The van der Waals surface area contributed by atoms with Crippen LogP contribution in [0.3, 0.4) is 0 Å². The summed E-state index contributed by atoms with van der Waals surface area (Å²) in [6.45, 7) is 7.43. The van der Waals surface area contributed by atoms with Crippen molar-refractivity contribution in [1.82, 2.24) is 10.2 Å². The van der Waals surface area contributed by atoms with E-state index in [0.717, 1.165) is 38.0 Å². The molecule has 1 aliphatic heterocycles. The van der Waals surface area contributed by atoms with Crippen molar-refractivity contribution >= 4 is 11.6 Å². The van der Waals surface area contributed by atoms with Crippen molar-refractivity contribution in [1.29, 1.82) is 0 Å². The standard InChI is InChI=1S/C16H25N3O/c1-3-9-19-10-7-13(8-11-19)18-16(20)15-12(2)5-4-6-14(15)17/h4-6,13H,3,7-11,17H2,1-2H3,(H,18,20). The molecular weight excluding hydrogens is 250 g/mol. The van der Waals surface area contributed by atoms with Crippen LogP contribution in [-0.4, -0.2) is 36.5 Å². The normalized spacial score (nSPS) is 17.1. The Balaban J connectivity index is 1.93. The monoisotopic (exact) mass is 275 g/mol. The van der Waals surface area contributed by atoms with E-state index in [9.17, 15) is 4.79 Å². The average molecular weight is 275 g/mol. The van der Waals surface area contributed by atoms with Gasteiger partial charge in [-0.3, -0.25) is 4.79 Å². The van der Waals surface area contributed by atoms with E-state index in [2.05, 4.69) is 17.1 Å². The van der Waals surface area contributed by atoms with Gasteiger partial charge < -0.3 is 16.0 Å². The van der Waals surface area contributed by atoms with E-state index >= 15 is 0 Å². The summed E-state index contributed by atoms with van der Waals surface area (Å²) in [5.41, 5.74) is 8.05. The van der Waals surface area contributed by atoms with Crippen molar-refractivity contribution in [2.75, 3.05) is 25.4 Å². The van der Waals surface area contributed by atoms with E-state index in [1.807, 2.05) is 19.1 Å². The number of anilines is 1. The Morgan fingerprint density at radius 2 is 2.10 bits per heavy atom. The van der Waals surface area contributed by atoms with Crippen LogP contribution in [0.1, 0.15) is 42.1 Å². The number of piperidine rings is 1. The van der Waals surface area contributed by atoms with Crippen LogP contribution in [0, 0.1) is 6.92 Å². The van der Waals surface area contributed by atoms with E-state index in [1.54, 1.807) is 6.07 Å². The molecule has 1 saturated heterocycles. The molecule has 0 radical (unpaired) electrons. The fraction of sp³-hybridized carbons (Fsp3) is 0.562. The van der Waals surface area contributed by atoms with Crippen molar-refractivity contribution in [3.63, 3.8) is 0 Å². The van der Waals surface area contributed by atoms with Gasteiger partial charge in [0.25, 0.3) is 5.91 Å². The Labute approximate surface area is 121 Å². The minimum absolute atomic E-state index is 0.0328. The van der Waals surface area contributed by atoms with Crippen LogP contribution >= 0.6 is 0 Å². The van der Waals surface area contributed by atoms with Crippen LogP contribution in [0.15, 0.2) is 18.2 Å². The number of benzene rings is 1. The van der Waals surface area contributed by atoms with Crippen LogP contribution in [0.5, 0.6) is 0 Å². The lowest BCUT2D eigenvalue weighted by Gasteiger charge is -2.32. The fourth-order valence-corrected chi connectivity index (χ4v) is 2.88. The second kappa shape index (κ2) is 6.75. The highest BCUT2D eigenvalue weighted by molar-refractivity contribution is 6.00. The third kappa shape index (κ3) is 3.51. The van der Waals surface area contributed by atoms with Crippen molar-refractivity contribution < 1.29 is 4.79 Å². The van der Waals surface area contributed by atoms with Gasteiger partial charge in [-0.05, 0) is 44.4 Å². The Morgan fingerprint density at radius 1 is 1.40 bits per heavy atom. The van der Waals surface area contributed by atoms with Crippen LogP contribution in [0.2, 0.25) is 0 Å². The van der Waals surface area contributed by atoms with Gasteiger partial charge >= 0.3 is 0 Å². The molecule has 110 valence electrons.